The summed E-state index contributed by atoms with van der Waals surface area (Å²) in [7, 11) is 3.34. The Kier molecular flexibility index (Phi) is 3.65. The van der Waals surface area contributed by atoms with E-state index in [0.29, 0.717) is 0 Å². The summed E-state index contributed by atoms with van der Waals surface area (Å²) in [6.07, 6.45) is 2.81. The molecule has 0 aliphatic heterocycles. The second kappa shape index (κ2) is 5.48. The lowest BCUT2D eigenvalue weighted by molar-refractivity contribution is 0.112. The number of hydrogen-bond acceptors (Lipinski definition) is 3. The number of ether oxygens (including phenoxy) is 2. The first-order valence-electron chi connectivity index (χ1n) is 7.44. The van der Waals surface area contributed by atoms with E-state index in [4.69, 9.17) is 9.47 Å². The lowest BCUT2D eigenvalue weighted by atomic mass is 9.80. The van der Waals surface area contributed by atoms with E-state index >= 15 is 0 Å². The molecule has 0 radical (unpaired) electrons. The number of benzene rings is 2. The summed E-state index contributed by atoms with van der Waals surface area (Å²) in [6.45, 7) is 4.02. The molecule has 0 bridgehead atoms. The van der Waals surface area contributed by atoms with Gasteiger partial charge in [0, 0.05) is 11.1 Å². The van der Waals surface area contributed by atoms with Gasteiger partial charge in [-0.05, 0) is 66.6 Å². The highest BCUT2D eigenvalue weighted by Gasteiger charge is 2.24. The second-order valence-corrected chi connectivity index (χ2v) is 5.69. The molecule has 22 heavy (non-hydrogen) atoms. The molecule has 0 unspecified atom stereocenters. The quantitative estimate of drug-likeness (QED) is 0.806. The number of aryl methyl sites for hydroxylation is 1. The van der Waals surface area contributed by atoms with Gasteiger partial charge in [-0.15, -0.1) is 0 Å². The number of rotatable bonds is 3. The van der Waals surface area contributed by atoms with Gasteiger partial charge in [-0.1, -0.05) is 6.07 Å². The van der Waals surface area contributed by atoms with Crippen molar-refractivity contribution in [2.24, 2.45) is 0 Å². The van der Waals surface area contributed by atoms with Gasteiger partial charge in [0.15, 0.2) is 6.29 Å². The van der Waals surface area contributed by atoms with Gasteiger partial charge in [0.1, 0.15) is 11.5 Å². The Morgan fingerprint density at radius 2 is 1.73 bits per heavy atom. The molecule has 3 nitrogen and oxygen atoms in total. The Labute approximate surface area is 130 Å². The third-order valence-corrected chi connectivity index (χ3v) is 4.69. The van der Waals surface area contributed by atoms with Gasteiger partial charge in [0.05, 0.1) is 14.2 Å². The van der Waals surface area contributed by atoms with E-state index in [1.54, 1.807) is 14.2 Å². The van der Waals surface area contributed by atoms with Crippen molar-refractivity contribution in [3.8, 4) is 22.6 Å². The molecule has 1 aliphatic carbocycles. The zero-order valence-corrected chi connectivity index (χ0v) is 13.4. The maximum Gasteiger partial charge on any atom is 0.151 e. The van der Waals surface area contributed by atoms with Crippen LogP contribution in [0.2, 0.25) is 0 Å². The van der Waals surface area contributed by atoms with Gasteiger partial charge in [0.2, 0.25) is 0 Å². The molecule has 0 saturated carbocycles. The minimum Gasteiger partial charge on any atom is -0.496 e. The summed E-state index contributed by atoms with van der Waals surface area (Å²) in [5.41, 5.74) is 7.46. The minimum atomic E-state index is 0.736. The molecule has 0 heterocycles. The van der Waals surface area contributed by atoms with Crippen LogP contribution in [0.3, 0.4) is 0 Å². The van der Waals surface area contributed by atoms with Gasteiger partial charge >= 0.3 is 0 Å². The zero-order chi connectivity index (χ0) is 15.9. The molecule has 3 rings (SSSR count). The monoisotopic (exact) mass is 296 g/mol. The molecular formula is C19H20O3. The number of fused-ring (bicyclic) bond motifs is 3. The summed E-state index contributed by atoms with van der Waals surface area (Å²) in [4.78, 5) is 11.7. The molecule has 114 valence electrons. The SMILES string of the molecule is COc1cc2c(c(C=O)c1C)-c1ccc(OC)c(C)c1CC2. The Morgan fingerprint density at radius 3 is 2.36 bits per heavy atom. The first kappa shape index (κ1) is 14.6. The normalized spacial score (nSPS) is 12.4. The van der Waals surface area contributed by atoms with E-state index in [1.165, 1.54) is 11.1 Å². The molecular weight excluding hydrogens is 276 g/mol. The number of aldehydes is 1. The summed E-state index contributed by atoms with van der Waals surface area (Å²) in [5.74, 6) is 1.69. The van der Waals surface area contributed by atoms with Crippen LogP contribution in [0.1, 0.15) is 32.6 Å². The number of carbonyl (C=O) groups excluding carboxylic acids is 1. The van der Waals surface area contributed by atoms with E-state index in [9.17, 15) is 4.79 Å². The largest absolute Gasteiger partial charge is 0.496 e. The van der Waals surface area contributed by atoms with Crippen LogP contribution in [0.4, 0.5) is 0 Å². The summed E-state index contributed by atoms with van der Waals surface area (Å²) in [5, 5.41) is 0. The highest BCUT2D eigenvalue weighted by Crippen LogP contribution is 2.42. The number of methoxy groups -OCH3 is 2. The molecule has 2 aromatic carbocycles. The standard InChI is InChI=1S/C19H20O3/c1-11-14-6-5-13-9-18(22-4)12(2)16(10-20)19(13)15(14)7-8-17(11)21-3/h7-10H,5-6H2,1-4H3. The fourth-order valence-electron chi connectivity index (χ4n) is 3.48. The maximum atomic E-state index is 11.7. The van der Waals surface area contributed by atoms with Gasteiger partial charge in [0.25, 0.3) is 0 Å². The van der Waals surface area contributed by atoms with Gasteiger partial charge in [-0.25, -0.2) is 0 Å². The van der Waals surface area contributed by atoms with Crippen molar-refractivity contribution in [1.29, 1.82) is 0 Å². The fraction of sp³-hybridized carbons (Fsp3) is 0.316. The van der Waals surface area contributed by atoms with Crippen LogP contribution in [0.25, 0.3) is 11.1 Å². The molecule has 0 saturated heterocycles. The van der Waals surface area contributed by atoms with E-state index in [1.807, 2.05) is 13.0 Å². The van der Waals surface area contributed by atoms with E-state index < -0.39 is 0 Å². The molecule has 0 spiro atoms. The predicted octanol–water partition coefficient (Wildman–Crippen LogP) is 3.90. The molecule has 0 aromatic heterocycles. The minimum absolute atomic E-state index is 0.736. The third-order valence-electron chi connectivity index (χ3n) is 4.69. The lowest BCUT2D eigenvalue weighted by Crippen LogP contribution is -2.10. The van der Waals surface area contributed by atoms with Crippen molar-refractivity contribution in [2.45, 2.75) is 26.7 Å². The van der Waals surface area contributed by atoms with Crippen LogP contribution in [0.15, 0.2) is 18.2 Å². The first-order valence-corrected chi connectivity index (χ1v) is 7.44. The molecule has 2 aromatic rings. The van der Waals surface area contributed by atoms with E-state index in [2.05, 4.69) is 19.1 Å². The smallest absolute Gasteiger partial charge is 0.151 e. The summed E-state index contributed by atoms with van der Waals surface area (Å²) < 4.78 is 10.8. The Hall–Kier alpha value is -2.29. The Bertz CT molecular complexity index is 760. The fourth-order valence-corrected chi connectivity index (χ4v) is 3.48. The van der Waals surface area contributed by atoms with Crippen LogP contribution in [0, 0.1) is 13.8 Å². The second-order valence-electron chi connectivity index (χ2n) is 5.69. The van der Waals surface area contributed by atoms with Crippen LogP contribution in [-0.2, 0) is 12.8 Å². The molecule has 1 aliphatic rings. The van der Waals surface area contributed by atoms with E-state index in [0.717, 1.165) is 58.4 Å². The predicted molar refractivity (Wildman–Crippen MR) is 87.3 cm³/mol. The van der Waals surface area contributed by atoms with Gasteiger partial charge < -0.3 is 9.47 Å². The van der Waals surface area contributed by atoms with Crippen molar-refractivity contribution in [3.05, 3.63) is 46.0 Å². The summed E-state index contributed by atoms with van der Waals surface area (Å²) >= 11 is 0. The molecule has 0 N–H and O–H groups in total. The first-order chi connectivity index (χ1) is 10.6. The Balaban J connectivity index is 2.33. The summed E-state index contributed by atoms with van der Waals surface area (Å²) in [6, 6.07) is 6.12. The zero-order valence-electron chi connectivity index (χ0n) is 13.4. The van der Waals surface area contributed by atoms with Crippen LogP contribution < -0.4 is 9.47 Å². The average Bonchev–Trinajstić information content (AvgIpc) is 2.54. The van der Waals surface area contributed by atoms with Crippen molar-refractivity contribution in [2.75, 3.05) is 14.2 Å². The van der Waals surface area contributed by atoms with Crippen molar-refractivity contribution >= 4 is 6.29 Å². The molecule has 0 amide bonds. The molecule has 0 fully saturated rings. The number of hydrogen-bond donors (Lipinski definition) is 0. The van der Waals surface area contributed by atoms with Crippen molar-refractivity contribution in [1.82, 2.24) is 0 Å². The topological polar surface area (TPSA) is 35.5 Å². The number of carbonyl (C=O) groups is 1. The van der Waals surface area contributed by atoms with Crippen LogP contribution >= 0.6 is 0 Å². The highest BCUT2D eigenvalue weighted by atomic mass is 16.5. The van der Waals surface area contributed by atoms with Gasteiger partial charge in [-0.2, -0.15) is 0 Å². The average molecular weight is 296 g/mol. The van der Waals surface area contributed by atoms with Crippen LogP contribution in [-0.4, -0.2) is 20.5 Å². The van der Waals surface area contributed by atoms with E-state index in [-0.39, 0.29) is 0 Å². The molecule has 3 heteroatoms. The van der Waals surface area contributed by atoms with Crippen molar-refractivity contribution < 1.29 is 14.3 Å². The lowest BCUT2D eigenvalue weighted by Gasteiger charge is -2.26. The highest BCUT2D eigenvalue weighted by molar-refractivity contribution is 5.94. The van der Waals surface area contributed by atoms with Crippen LogP contribution in [0.5, 0.6) is 11.5 Å². The third kappa shape index (κ3) is 2.00. The maximum absolute atomic E-state index is 11.7. The van der Waals surface area contributed by atoms with Crippen molar-refractivity contribution in [3.63, 3.8) is 0 Å². The molecule has 0 atom stereocenters. The van der Waals surface area contributed by atoms with Gasteiger partial charge in [-0.3, -0.25) is 4.79 Å². The Morgan fingerprint density at radius 1 is 1.00 bits per heavy atom.